The van der Waals surface area contributed by atoms with Crippen LogP contribution in [0.3, 0.4) is 0 Å². The van der Waals surface area contributed by atoms with Gasteiger partial charge in [0.05, 0.1) is 30.7 Å². The van der Waals surface area contributed by atoms with E-state index >= 15 is 0 Å². The van der Waals surface area contributed by atoms with Crippen LogP contribution in [0.2, 0.25) is 0 Å². The van der Waals surface area contributed by atoms with Crippen LogP contribution in [-0.4, -0.2) is 148 Å². The lowest BCUT2D eigenvalue weighted by Crippen LogP contribution is -2.68. The molecule has 0 aromatic heterocycles. The molecule has 2 spiro atoms. The number of imide groups is 2. The molecule has 330 valence electrons. The summed E-state index contributed by atoms with van der Waals surface area (Å²) in [4.78, 5) is 85.5. The molecule has 0 aliphatic carbocycles. The molecule has 0 saturated carbocycles. The molecule has 0 aromatic carbocycles. The number of carbonyl (C=O) groups is 6. The van der Waals surface area contributed by atoms with Crippen molar-refractivity contribution in [1.82, 2.24) is 30.2 Å². The Hall–Kier alpha value is -3.34. The summed E-state index contributed by atoms with van der Waals surface area (Å²) in [5, 5.41) is 48.8. The van der Waals surface area contributed by atoms with Crippen molar-refractivity contribution in [2.45, 2.75) is 197 Å². The highest BCUT2D eigenvalue weighted by Crippen LogP contribution is 2.47. The number of carboxylic acid groups (broad SMARTS) is 2. The number of hydrogen-bond donors (Lipinski definition) is 6. The molecule has 4 saturated heterocycles. The van der Waals surface area contributed by atoms with Gasteiger partial charge in [0.1, 0.15) is 11.1 Å². The highest BCUT2D eigenvalue weighted by molar-refractivity contribution is 6.08. The van der Waals surface area contributed by atoms with E-state index in [1.807, 2.05) is 69.5 Å². The Morgan fingerprint density at radius 2 is 0.931 bits per heavy atom. The topological polar surface area (TPSA) is 220 Å². The van der Waals surface area contributed by atoms with Gasteiger partial charge in [-0.1, -0.05) is 38.5 Å². The van der Waals surface area contributed by atoms with E-state index in [4.69, 9.17) is 5.11 Å². The monoisotopic (exact) mass is 821 g/mol. The zero-order chi connectivity index (χ0) is 43.9. The van der Waals surface area contributed by atoms with E-state index in [-0.39, 0.29) is 12.8 Å². The maximum absolute atomic E-state index is 14.1. The third-order valence-electron chi connectivity index (χ3n) is 14.1. The molecule has 0 aromatic rings. The van der Waals surface area contributed by atoms with Crippen molar-refractivity contribution in [2.75, 3.05) is 27.2 Å². The summed E-state index contributed by atoms with van der Waals surface area (Å²) in [6.07, 6.45) is 2.71. The minimum Gasteiger partial charge on any atom is -0.481 e. The molecular weight excluding hydrogens is 748 g/mol. The van der Waals surface area contributed by atoms with Gasteiger partial charge in [0.15, 0.2) is 0 Å². The molecule has 4 heterocycles. The van der Waals surface area contributed by atoms with Crippen LogP contribution >= 0.6 is 0 Å². The highest BCUT2D eigenvalue weighted by atomic mass is 16.4. The number of aliphatic hydroxyl groups excluding tert-OH is 2. The number of unbranched alkanes of at least 4 members (excludes halogenated alkanes) is 6. The molecule has 0 radical (unpaired) electrons. The number of amides is 6. The van der Waals surface area contributed by atoms with E-state index in [0.29, 0.717) is 44.9 Å². The molecule has 6 amide bonds. The Balaban J connectivity index is 1.51. The van der Waals surface area contributed by atoms with E-state index in [2.05, 4.69) is 20.4 Å². The lowest BCUT2D eigenvalue weighted by atomic mass is 9.69. The van der Waals surface area contributed by atoms with Gasteiger partial charge in [-0.3, -0.25) is 38.8 Å². The first kappa shape index (κ1) is 47.3. The second-order valence-electron chi connectivity index (χ2n) is 20.6. The van der Waals surface area contributed by atoms with Gasteiger partial charge < -0.3 is 31.1 Å². The Morgan fingerprint density at radius 1 is 0.603 bits per heavy atom. The number of aliphatic hydroxyl groups is 2. The summed E-state index contributed by atoms with van der Waals surface area (Å²) >= 11 is 0. The standard InChI is InChI=1S/C42H72N6O10/c1-36(2)24-41(25-37(3,4)45(36)9)31(53)47(34(57)43-41)22-28(49)20-40(33(55)56,19-17-15-13-11-12-14-16-18-30(51)52)21-29(50)23-48-32(54)42(44-35(48)58)26-38(5,6)46(10)39(7,8)27-42/h28-29,49-50H,11-27H2,1-10H3,(H,43,57)(H,44,58)(H,51,52)(H,55,56). The van der Waals surface area contributed by atoms with Crippen LogP contribution in [0.5, 0.6) is 0 Å². The van der Waals surface area contributed by atoms with Gasteiger partial charge >= 0.3 is 24.0 Å². The Labute approximate surface area is 344 Å². The number of aliphatic carboxylic acids is 2. The number of nitrogens with one attached hydrogen (secondary N) is 2. The minimum absolute atomic E-state index is 0.0487. The number of likely N-dealkylation sites (tertiary alicyclic amines) is 2. The van der Waals surface area contributed by atoms with E-state index in [0.717, 1.165) is 35.5 Å². The van der Waals surface area contributed by atoms with E-state index < -0.39 is 113 Å². The van der Waals surface area contributed by atoms with Crippen LogP contribution in [0.4, 0.5) is 9.59 Å². The fraction of sp³-hybridized carbons (Fsp3) is 0.857. The van der Waals surface area contributed by atoms with Gasteiger partial charge in [-0.15, -0.1) is 0 Å². The Bertz CT molecular complexity index is 1470. The van der Waals surface area contributed by atoms with Crippen molar-refractivity contribution in [2.24, 2.45) is 5.41 Å². The molecule has 16 nitrogen and oxygen atoms in total. The maximum atomic E-state index is 14.1. The summed E-state index contributed by atoms with van der Waals surface area (Å²) in [5.74, 6) is -3.05. The first-order valence-electron chi connectivity index (χ1n) is 21.1. The molecule has 4 rings (SSSR count). The average molecular weight is 821 g/mol. The second-order valence-corrected chi connectivity index (χ2v) is 20.6. The van der Waals surface area contributed by atoms with Gasteiger partial charge in [0.25, 0.3) is 11.8 Å². The van der Waals surface area contributed by atoms with Gasteiger partial charge in [-0.2, -0.15) is 0 Å². The van der Waals surface area contributed by atoms with Crippen LogP contribution in [0.15, 0.2) is 0 Å². The van der Waals surface area contributed by atoms with Gasteiger partial charge in [0, 0.05) is 28.6 Å². The molecule has 2 atom stereocenters. The molecule has 16 heteroatoms. The quantitative estimate of drug-likeness (QED) is 0.0794. The van der Waals surface area contributed by atoms with E-state index in [1.165, 1.54) is 0 Å². The highest BCUT2D eigenvalue weighted by Gasteiger charge is 2.62. The number of piperidine rings is 2. The first-order valence-corrected chi connectivity index (χ1v) is 21.1. The third-order valence-corrected chi connectivity index (χ3v) is 14.1. The summed E-state index contributed by atoms with van der Waals surface area (Å²) in [5.41, 5.74) is -5.90. The van der Waals surface area contributed by atoms with Crippen LogP contribution in [0, 0.1) is 5.41 Å². The third kappa shape index (κ3) is 9.82. The van der Waals surface area contributed by atoms with E-state index in [9.17, 15) is 44.1 Å². The first-order chi connectivity index (χ1) is 26.6. The number of urea groups is 2. The van der Waals surface area contributed by atoms with Crippen molar-refractivity contribution in [1.29, 1.82) is 0 Å². The molecule has 4 aliphatic heterocycles. The molecule has 2 unspecified atom stereocenters. The molecular formula is C42H72N6O10. The Kier molecular flexibility index (Phi) is 13.8. The molecule has 0 bridgehead atoms. The van der Waals surface area contributed by atoms with Crippen LogP contribution in [0.25, 0.3) is 0 Å². The number of nitrogens with zero attached hydrogens (tertiary/aromatic N) is 4. The van der Waals surface area contributed by atoms with Crippen molar-refractivity contribution in [3.05, 3.63) is 0 Å². The predicted octanol–water partition coefficient (Wildman–Crippen LogP) is 4.30. The molecule has 4 aliphatic rings. The predicted molar refractivity (Wildman–Crippen MR) is 217 cm³/mol. The summed E-state index contributed by atoms with van der Waals surface area (Å²) in [6, 6.07) is -1.31. The lowest BCUT2D eigenvalue weighted by molar-refractivity contribution is -0.155. The number of hydrogen-bond acceptors (Lipinski definition) is 10. The van der Waals surface area contributed by atoms with Crippen molar-refractivity contribution in [3.8, 4) is 0 Å². The number of β-amino-alcohol motifs (C(OH)–C–C–N with tert-alkyl or cyclic N) is 2. The smallest absolute Gasteiger partial charge is 0.325 e. The normalized spacial score (nSPS) is 25.4. The summed E-state index contributed by atoms with van der Waals surface area (Å²) < 4.78 is 0. The molecule has 58 heavy (non-hydrogen) atoms. The average Bonchev–Trinajstić information content (AvgIpc) is 3.41. The van der Waals surface area contributed by atoms with Crippen molar-refractivity contribution >= 4 is 35.8 Å². The maximum Gasteiger partial charge on any atom is 0.325 e. The minimum atomic E-state index is -1.73. The number of carboxylic acids is 2. The summed E-state index contributed by atoms with van der Waals surface area (Å²) in [7, 11) is 3.97. The summed E-state index contributed by atoms with van der Waals surface area (Å²) in [6.45, 7) is 15.2. The van der Waals surface area contributed by atoms with Gasteiger partial charge in [-0.25, -0.2) is 9.59 Å². The molecule has 6 N–H and O–H groups in total. The van der Waals surface area contributed by atoms with Crippen molar-refractivity contribution in [3.63, 3.8) is 0 Å². The van der Waals surface area contributed by atoms with Crippen molar-refractivity contribution < 1.29 is 49.2 Å². The Morgan fingerprint density at radius 3 is 1.26 bits per heavy atom. The second kappa shape index (κ2) is 17.0. The lowest BCUT2D eigenvalue weighted by Gasteiger charge is -2.56. The fourth-order valence-electron chi connectivity index (χ4n) is 11.0. The largest absolute Gasteiger partial charge is 0.481 e. The zero-order valence-corrected chi connectivity index (χ0v) is 36.7. The zero-order valence-electron chi connectivity index (χ0n) is 36.7. The SMILES string of the molecule is CN1C(C)(C)CC2(CC1(C)C)NC(=O)N(CC(O)CC(CCCCCCCCCC(=O)O)(CC(O)CN1C(=O)NC3(CC(C)(C)N(C)C(C)(C)C3)C1=O)C(=O)O)C2=O. The van der Waals surface area contributed by atoms with Gasteiger partial charge in [-0.05, 0) is 121 Å². The molecule has 4 fully saturated rings. The van der Waals surface area contributed by atoms with E-state index in [1.54, 1.807) is 0 Å². The van der Waals surface area contributed by atoms with Crippen LogP contribution < -0.4 is 10.6 Å². The fourth-order valence-corrected chi connectivity index (χ4v) is 11.0. The number of rotatable bonds is 19. The van der Waals surface area contributed by atoms with Crippen LogP contribution in [-0.2, 0) is 19.2 Å². The van der Waals surface area contributed by atoms with Crippen LogP contribution in [0.1, 0.15) is 152 Å². The number of carbonyl (C=O) groups excluding carboxylic acids is 4. The van der Waals surface area contributed by atoms with Gasteiger partial charge in [0.2, 0.25) is 0 Å².